The number of aliphatic carboxylic acids is 1. The number of fused-ring (bicyclic) bond motifs is 1. The first-order valence-corrected chi connectivity index (χ1v) is 9.23. The van der Waals surface area contributed by atoms with Gasteiger partial charge in [0.05, 0.1) is 11.4 Å². The Labute approximate surface area is 178 Å². The highest BCUT2D eigenvalue weighted by atomic mass is 35.5. The van der Waals surface area contributed by atoms with Gasteiger partial charge in [-0.15, -0.1) is 13.2 Å². The Hall–Kier alpha value is -2.07. The van der Waals surface area contributed by atoms with Gasteiger partial charge in [-0.3, -0.25) is 4.79 Å². The van der Waals surface area contributed by atoms with Crippen LogP contribution in [0.3, 0.4) is 0 Å². The van der Waals surface area contributed by atoms with Crippen LogP contribution in [-0.2, 0) is 9.53 Å². The summed E-state index contributed by atoms with van der Waals surface area (Å²) in [7, 11) is 0. The summed E-state index contributed by atoms with van der Waals surface area (Å²) in [6.45, 7) is 0. The maximum atomic E-state index is 12.7. The van der Waals surface area contributed by atoms with Crippen molar-refractivity contribution in [2.75, 3.05) is 5.32 Å². The molecule has 0 radical (unpaired) electrons. The Morgan fingerprint density at radius 1 is 1.24 bits per heavy atom. The zero-order valence-corrected chi connectivity index (χ0v) is 16.6. The van der Waals surface area contributed by atoms with Gasteiger partial charge < -0.3 is 19.9 Å². The molecule has 0 fully saturated rings. The molecule has 29 heavy (non-hydrogen) atoms. The van der Waals surface area contributed by atoms with Crippen LogP contribution in [0.1, 0.15) is 23.7 Å². The van der Waals surface area contributed by atoms with E-state index in [9.17, 15) is 18.0 Å². The summed E-state index contributed by atoms with van der Waals surface area (Å²) < 4.78 is 47.9. The molecule has 11 heteroatoms. The van der Waals surface area contributed by atoms with E-state index in [-0.39, 0.29) is 15.6 Å². The Kier molecular flexibility index (Phi) is 6.23. The van der Waals surface area contributed by atoms with Crippen molar-refractivity contribution >= 4 is 52.1 Å². The second kappa shape index (κ2) is 8.35. The van der Waals surface area contributed by atoms with Crippen LogP contribution in [0.4, 0.5) is 18.9 Å². The molecule has 1 heterocycles. The van der Waals surface area contributed by atoms with Crippen molar-refractivity contribution in [2.45, 2.75) is 25.0 Å². The molecule has 0 spiro atoms. The molecule has 0 bridgehead atoms. The number of rotatable bonds is 4. The minimum absolute atomic E-state index is 0.109. The Bertz CT molecular complexity index is 971. The van der Waals surface area contributed by atoms with Crippen molar-refractivity contribution in [1.29, 1.82) is 0 Å². The number of nitrogens with one attached hydrogen (secondary N) is 1. The normalized spacial score (nSPS) is 19.1. The van der Waals surface area contributed by atoms with Crippen LogP contribution in [0.15, 0.2) is 36.4 Å². The highest BCUT2D eigenvalue weighted by Gasteiger charge is 2.35. The zero-order valence-electron chi connectivity index (χ0n) is 14.3. The Morgan fingerprint density at radius 2 is 1.97 bits per heavy atom. The molecular formula is C18H12Cl2F3NO4S. The fourth-order valence-electron chi connectivity index (χ4n) is 2.85. The molecule has 1 aliphatic heterocycles. The van der Waals surface area contributed by atoms with Crippen LogP contribution in [0.2, 0.25) is 10.0 Å². The molecule has 0 saturated heterocycles. The quantitative estimate of drug-likeness (QED) is 0.573. The third kappa shape index (κ3) is 5.11. The van der Waals surface area contributed by atoms with Crippen molar-refractivity contribution in [3.05, 3.63) is 57.6 Å². The van der Waals surface area contributed by atoms with E-state index in [0.29, 0.717) is 16.3 Å². The monoisotopic (exact) mass is 465 g/mol. The van der Waals surface area contributed by atoms with Crippen molar-refractivity contribution in [2.24, 2.45) is 0 Å². The van der Waals surface area contributed by atoms with E-state index in [1.165, 1.54) is 18.2 Å². The summed E-state index contributed by atoms with van der Waals surface area (Å²) in [6.07, 6.45) is -7.50. The molecule has 5 nitrogen and oxygen atoms in total. The lowest BCUT2D eigenvalue weighted by Gasteiger charge is -2.23. The number of benzene rings is 2. The Balaban J connectivity index is 2.12. The van der Waals surface area contributed by atoms with Gasteiger partial charge in [0.25, 0.3) is 0 Å². The molecule has 2 aromatic rings. The smallest absolute Gasteiger partial charge is 0.481 e. The molecule has 0 aliphatic carbocycles. The van der Waals surface area contributed by atoms with E-state index in [0.717, 1.165) is 6.07 Å². The summed E-state index contributed by atoms with van der Waals surface area (Å²) in [5.41, 5.74) is 1.04. The highest BCUT2D eigenvalue weighted by Crippen LogP contribution is 2.43. The number of halogens is 5. The molecule has 154 valence electrons. The number of thiocarbonyl (C=S) groups is 1. The summed E-state index contributed by atoms with van der Waals surface area (Å²) in [5, 5.41) is 12.1. The molecule has 2 unspecified atom stereocenters. The predicted octanol–water partition coefficient (Wildman–Crippen LogP) is 5.59. The fourth-order valence-corrected chi connectivity index (χ4v) is 3.54. The van der Waals surface area contributed by atoms with E-state index in [4.69, 9.17) is 45.3 Å². The van der Waals surface area contributed by atoms with Gasteiger partial charge in [0.2, 0.25) is 0 Å². The molecule has 0 amide bonds. The fraction of sp³-hybridized carbons (Fsp3) is 0.222. The predicted molar refractivity (Wildman–Crippen MR) is 105 cm³/mol. The number of carboxylic acids is 1. The van der Waals surface area contributed by atoms with Gasteiger partial charge in [-0.2, -0.15) is 0 Å². The van der Waals surface area contributed by atoms with Crippen molar-refractivity contribution in [1.82, 2.24) is 0 Å². The first-order valence-electron chi connectivity index (χ1n) is 8.07. The van der Waals surface area contributed by atoms with Crippen molar-refractivity contribution in [3.63, 3.8) is 0 Å². The van der Waals surface area contributed by atoms with Crippen LogP contribution in [0.5, 0.6) is 5.75 Å². The second-order valence-electron chi connectivity index (χ2n) is 6.03. The number of alkyl halides is 3. The number of hydrogen-bond acceptors (Lipinski definition) is 4. The first-order chi connectivity index (χ1) is 13.5. The topological polar surface area (TPSA) is 67.8 Å². The molecule has 0 aromatic heterocycles. The van der Waals surface area contributed by atoms with E-state index in [1.54, 1.807) is 12.1 Å². The molecule has 2 aromatic carbocycles. The Morgan fingerprint density at radius 3 is 2.62 bits per heavy atom. The van der Waals surface area contributed by atoms with Gasteiger partial charge in [0.1, 0.15) is 22.9 Å². The molecule has 0 saturated carbocycles. The van der Waals surface area contributed by atoms with E-state index < -0.39 is 36.7 Å². The highest BCUT2D eigenvalue weighted by molar-refractivity contribution is 7.80. The van der Waals surface area contributed by atoms with Gasteiger partial charge in [-0.25, -0.2) is 0 Å². The van der Waals surface area contributed by atoms with Crippen LogP contribution in [-0.4, -0.2) is 28.5 Å². The summed E-state index contributed by atoms with van der Waals surface area (Å²) in [6, 6.07) is 8.55. The van der Waals surface area contributed by atoms with E-state index in [1.807, 2.05) is 0 Å². The maximum Gasteiger partial charge on any atom is 0.573 e. The van der Waals surface area contributed by atoms with Gasteiger partial charge in [-0.1, -0.05) is 47.6 Å². The lowest BCUT2D eigenvalue weighted by molar-refractivity contribution is -0.274. The average Bonchev–Trinajstić information content (AvgIpc) is 2.73. The van der Waals surface area contributed by atoms with Crippen LogP contribution in [0.25, 0.3) is 0 Å². The number of carbonyl (C=O) groups is 1. The third-order valence-electron chi connectivity index (χ3n) is 4.01. The van der Waals surface area contributed by atoms with Crippen molar-refractivity contribution < 1.29 is 32.5 Å². The van der Waals surface area contributed by atoms with Crippen LogP contribution >= 0.6 is 35.4 Å². The lowest BCUT2D eigenvalue weighted by atomic mass is 9.99. The van der Waals surface area contributed by atoms with Gasteiger partial charge in [0, 0.05) is 21.8 Å². The first kappa shape index (κ1) is 21.6. The van der Waals surface area contributed by atoms with Gasteiger partial charge in [0.15, 0.2) is 0 Å². The number of hydrogen-bond donors (Lipinski definition) is 2. The second-order valence-corrected chi connectivity index (χ2v) is 7.28. The van der Waals surface area contributed by atoms with Gasteiger partial charge in [-0.05, 0) is 24.3 Å². The minimum atomic E-state index is -4.94. The zero-order chi connectivity index (χ0) is 21.3. The summed E-state index contributed by atoms with van der Waals surface area (Å²) in [4.78, 5) is 11.3. The van der Waals surface area contributed by atoms with Crippen LogP contribution in [0, 0.1) is 0 Å². The van der Waals surface area contributed by atoms with Crippen LogP contribution < -0.4 is 10.1 Å². The summed E-state index contributed by atoms with van der Waals surface area (Å²) >= 11 is 17.5. The molecule has 1 aliphatic rings. The number of anilines is 1. The average molecular weight is 466 g/mol. The summed E-state index contributed by atoms with van der Waals surface area (Å²) in [5.74, 6) is -1.78. The minimum Gasteiger partial charge on any atom is -0.481 e. The third-order valence-corrected chi connectivity index (χ3v) is 5.01. The largest absolute Gasteiger partial charge is 0.573 e. The molecule has 2 N–H and O–H groups in total. The standard InChI is InChI=1S/C18H12Cl2F3NO4S/c19-8-4-5-11-10(6-8)16(27-13(7-14(25)26)17(29)24-11)9-2-1-3-12(15(9)20)28-18(21,22)23/h1-6,13,16H,7H2,(H,24,29)(H,25,26). The van der Waals surface area contributed by atoms with E-state index in [2.05, 4.69) is 10.1 Å². The molecule has 2 atom stereocenters. The van der Waals surface area contributed by atoms with Crippen molar-refractivity contribution in [3.8, 4) is 5.75 Å². The van der Waals surface area contributed by atoms with E-state index >= 15 is 0 Å². The maximum absolute atomic E-state index is 12.7. The molecular weight excluding hydrogens is 454 g/mol. The number of ether oxygens (including phenoxy) is 2. The van der Waals surface area contributed by atoms with Gasteiger partial charge >= 0.3 is 12.3 Å². The lowest BCUT2D eigenvalue weighted by Crippen LogP contribution is -2.30. The SMILES string of the molecule is O=C(O)CC1OC(c2cccc(OC(F)(F)F)c2Cl)c2cc(Cl)ccc2NC1=S. The number of carboxylic acid groups (broad SMARTS) is 1. The molecule has 3 rings (SSSR count).